The Morgan fingerprint density at radius 2 is 1.93 bits per heavy atom. The van der Waals surface area contributed by atoms with Gasteiger partial charge in [-0.3, -0.25) is 9.48 Å². The molecule has 0 saturated heterocycles. The van der Waals surface area contributed by atoms with Gasteiger partial charge in [-0.2, -0.15) is 0 Å². The minimum Gasteiger partial charge on any atom is -0.586 e. The van der Waals surface area contributed by atoms with Crippen molar-refractivity contribution in [2.75, 3.05) is 5.32 Å². The van der Waals surface area contributed by atoms with Crippen LogP contribution in [0.25, 0.3) is 11.1 Å². The zero-order valence-electron chi connectivity index (χ0n) is 16.1. The van der Waals surface area contributed by atoms with E-state index in [2.05, 4.69) is 25.1 Å². The van der Waals surface area contributed by atoms with Crippen LogP contribution in [0.4, 0.5) is 10.5 Å². The largest absolute Gasteiger partial charge is 0.586 e. The number of anilines is 1. The Balaban J connectivity index is 1.80. The number of aldehydes is 1. The number of rotatable bonds is 6. The molecular formula is C19H20N6O3S. The minimum atomic E-state index is -1.91. The summed E-state index contributed by atoms with van der Waals surface area (Å²) in [5.41, 5.74) is 3.42. The number of nitrogens with one attached hydrogen (secondary N) is 2. The molecule has 2 heterocycles. The lowest BCUT2D eigenvalue weighted by molar-refractivity contribution is 0.111. The van der Waals surface area contributed by atoms with Crippen molar-refractivity contribution in [1.29, 1.82) is 0 Å². The lowest BCUT2D eigenvalue weighted by Crippen LogP contribution is -2.35. The molecule has 0 aliphatic rings. The molecule has 9 nitrogen and oxygen atoms in total. The highest BCUT2D eigenvalue weighted by atomic mass is 32.2. The maximum Gasteiger partial charge on any atom is 0.361 e. The van der Waals surface area contributed by atoms with Crippen LogP contribution >= 0.6 is 0 Å². The van der Waals surface area contributed by atoms with Crippen LogP contribution in [0.3, 0.4) is 0 Å². The standard InChI is InChI=1S/C19H20N6O3S/c1-12(2)16-5-4-13(14-8-20-11-21-9-14)6-17(16)22-19(27)24-29(28)18-7-15(10-26)25(3)23-18/h4-12H,1-3H3,(H2,22,24,27). The van der Waals surface area contributed by atoms with E-state index in [4.69, 9.17) is 0 Å². The minimum absolute atomic E-state index is 0.0871. The number of aromatic nitrogens is 4. The van der Waals surface area contributed by atoms with Gasteiger partial charge in [0.1, 0.15) is 23.4 Å². The second-order valence-electron chi connectivity index (χ2n) is 6.56. The van der Waals surface area contributed by atoms with E-state index >= 15 is 0 Å². The van der Waals surface area contributed by atoms with Crippen LogP contribution in [0.1, 0.15) is 35.8 Å². The van der Waals surface area contributed by atoms with E-state index in [-0.39, 0.29) is 16.6 Å². The van der Waals surface area contributed by atoms with Gasteiger partial charge < -0.3 is 9.87 Å². The topological polar surface area (TPSA) is 125 Å². The fourth-order valence-electron chi connectivity index (χ4n) is 2.74. The Kier molecular flexibility index (Phi) is 6.25. The summed E-state index contributed by atoms with van der Waals surface area (Å²) in [6, 6.07) is 6.39. The molecule has 3 rings (SSSR count). The SMILES string of the molecule is CC(C)c1ccc(-c2cncnc2)cc1NC(=O)N[S+]([O-])c1cc(C=O)n(C)n1. The third-order valence-corrected chi connectivity index (χ3v) is 5.16. The molecule has 29 heavy (non-hydrogen) atoms. The van der Waals surface area contributed by atoms with Crippen LogP contribution in [-0.2, 0) is 18.4 Å². The fraction of sp³-hybridized carbons (Fsp3) is 0.211. The Labute approximate surface area is 170 Å². The van der Waals surface area contributed by atoms with Gasteiger partial charge in [0, 0.05) is 36.8 Å². The number of aryl methyl sites for hydroxylation is 1. The van der Waals surface area contributed by atoms with Gasteiger partial charge in [-0.25, -0.2) is 14.8 Å². The lowest BCUT2D eigenvalue weighted by Gasteiger charge is -2.16. The first-order valence-corrected chi connectivity index (χ1v) is 9.92. The molecule has 0 aliphatic carbocycles. The number of hydrogen-bond acceptors (Lipinski definition) is 6. The van der Waals surface area contributed by atoms with Crippen LogP contribution < -0.4 is 10.0 Å². The van der Waals surface area contributed by atoms with Gasteiger partial charge in [-0.15, -0.1) is 9.82 Å². The Morgan fingerprint density at radius 3 is 2.55 bits per heavy atom. The smallest absolute Gasteiger partial charge is 0.361 e. The van der Waals surface area contributed by atoms with Crippen molar-refractivity contribution in [3.63, 3.8) is 0 Å². The monoisotopic (exact) mass is 412 g/mol. The van der Waals surface area contributed by atoms with Crippen molar-refractivity contribution in [3.8, 4) is 11.1 Å². The molecule has 0 aliphatic heterocycles. The summed E-state index contributed by atoms with van der Waals surface area (Å²) in [4.78, 5) is 31.4. The predicted octanol–water partition coefficient (Wildman–Crippen LogP) is 2.66. The zero-order valence-corrected chi connectivity index (χ0v) is 16.9. The van der Waals surface area contributed by atoms with Gasteiger partial charge in [-0.1, -0.05) is 26.0 Å². The second-order valence-corrected chi connectivity index (χ2v) is 7.72. The third kappa shape index (κ3) is 4.79. The number of carbonyl (C=O) groups is 2. The molecule has 2 amide bonds. The summed E-state index contributed by atoms with van der Waals surface area (Å²) >= 11 is -1.91. The van der Waals surface area contributed by atoms with Crippen molar-refractivity contribution in [2.45, 2.75) is 24.8 Å². The molecular weight excluding hydrogens is 392 g/mol. The van der Waals surface area contributed by atoms with Gasteiger partial charge in [0.2, 0.25) is 0 Å². The number of benzene rings is 1. The van der Waals surface area contributed by atoms with E-state index in [1.807, 2.05) is 32.0 Å². The molecule has 150 valence electrons. The maximum absolute atomic E-state index is 12.4. The fourth-order valence-corrected chi connectivity index (χ4v) is 3.48. The summed E-state index contributed by atoms with van der Waals surface area (Å²) in [6.07, 6.45) is 5.41. The van der Waals surface area contributed by atoms with Crippen LogP contribution in [0, 0.1) is 0 Å². The molecule has 0 saturated carbocycles. The molecule has 2 aromatic heterocycles. The molecule has 0 radical (unpaired) electrons. The molecule has 1 aromatic carbocycles. The van der Waals surface area contributed by atoms with Crippen molar-refractivity contribution in [1.82, 2.24) is 24.5 Å². The van der Waals surface area contributed by atoms with E-state index in [9.17, 15) is 14.1 Å². The molecule has 0 bridgehead atoms. The highest BCUT2D eigenvalue weighted by Crippen LogP contribution is 2.29. The number of carbonyl (C=O) groups excluding carboxylic acids is 2. The quantitative estimate of drug-likeness (QED) is 0.474. The summed E-state index contributed by atoms with van der Waals surface area (Å²) in [6.45, 7) is 4.02. The Morgan fingerprint density at radius 1 is 1.21 bits per heavy atom. The first kappa shape index (κ1) is 20.5. The van der Waals surface area contributed by atoms with E-state index in [1.165, 1.54) is 17.1 Å². The van der Waals surface area contributed by atoms with E-state index < -0.39 is 17.4 Å². The number of amides is 2. The molecule has 0 spiro atoms. The van der Waals surface area contributed by atoms with Gasteiger partial charge in [0.15, 0.2) is 6.29 Å². The molecule has 0 fully saturated rings. The van der Waals surface area contributed by atoms with Crippen LogP contribution in [0.5, 0.6) is 0 Å². The van der Waals surface area contributed by atoms with Crippen molar-refractivity contribution >= 4 is 29.4 Å². The first-order chi connectivity index (χ1) is 13.9. The van der Waals surface area contributed by atoms with Crippen LogP contribution in [-0.4, -0.2) is 36.6 Å². The van der Waals surface area contributed by atoms with Crippen LogP contribution in [0.15, 0.2) is 48.0 Å². The Hall–Kier alpha value is -3.24. The second kappa shape index (κ2) is 8.84. The van der Waals surface area contributed by atoms with Gasteiger partial charge in [0.25, 0.3) is 5.03 Å². The van der Waals surface area contributed by atoms with Gasteiger partial charge in [-0.05, 0) is 23.1 Å². The van der Waals surface area contributed by atoms with Crippen molar-refractivity contribution < 1.29 is 14.1 Å². The number of hydrogen-bond donors (Lipinski definition) is 2. The average Bonchev–Trinajstić information content (AvgIpc) is 3.09. The number of urea groups is 1. The normalized spacial score (nSPS) is 11.9. The molecule has 3 aromatic rings. The van der Waals surface area contributed by atoms with E-state index in [0.29, 0.717) is 12.0 Å². The summed E-state index contributed by atoms with van der Waals surface area (Å²) in [7, 11) is 1.55. The first-order valence-electron chi connectivity index (χ1n) is 8.77. The summed E-state index contributed by atoms with van der Waals surface area (Å²) < 4.78 is 16.0. The van der Waals surface area contributed by atoms with Gasteiger partial charge in [0.05, 0.1) is 0 Å². The number of nitrogens with zero attached hydrogens (tertiary/aromatic N) is 4. The van der Waals surface area contributed by atoms with Crippen molar-refractivity contribution in [3.05, 3.63) is 54.2 Å². The lowest BCUT2D eigenvalue weighted by atomic mass is 9.97. The average molecular weight is 412 g/mol. The maximum atomic E-state index is 12.4. The summed E-state index contributed by atoms with van der Waals surface area (Å²) in [5, 5.41) is 6.81. The Bertz CT molecular complexity index is 1020. The molecule has 10 heteroatoms. The summed E-state index contributed by atoms with van der Waals surface area (Å²) in [5.74, 6) is 0.155. The van der Waals surface area contributed by atoms with E-state index in [0.717, 1.165) is 16.7 Å². The zero-order chi connectivity index (χ0) is 21.0. The van der Waals surface area contributed by atoms with Gasteiger partial charge >= 0.3 is 6.03 Å². The molecule has 2 N–H and O–H groups in total. The highest BCUT2D eigenvalue weighted by molar-refractivity contribution is 7.90. The van der Waals surface area contributed by atoms with Crippen LogP contribution in [0.2, 0.25) is 0 Å². The van der Waals surface area contributed by atoms with Crippen molar-refractivity contribution in [2.24, 2.45) is 7.05 Å². The molecule has 1 atom stereocenters. The highest BCUT2D eigenvalue weighted by Gasteiger charge is 2.21. The third-order valence-electron chi connectivity index (χ3n) is 4.21. The predicted molar refractivity (Wildman–Crippen MR) is 109 cm³/mol. The molecule has 1 unspecified atom stereocenters. The van der Waals surface area contributed by atoms with E-state index in [1.54, 1.807) is 19.4 Å².